The molecule has 0 aromatic heterocycles. The highest BCUT2D eigenvalue weighted by molar-refractivity contribution is 5.27. The minimum atomic E-state index is -4.39. The van der Waals surface area contributed by atoms with Crippen LogP contribution in [-0.2, 0) is 15.7 Å². The van der Waals surface area contributed by atoms with Gasteiger partial charge in [-0.15, -0.1) is 0 Å². The van der Waals surface area contributed by atoms with Gasteiger partial charge in [0.2, 0.25) is 0 Å². The Kier molecular flexibility index (Phi) is 9.03. The number of rotatable bonds is 8. The molecule has 2 aliphatic rings. The Morgan fingerprint density at radius 2 is 1.51 bits per heavy atom. The largest absolute Gasteiger partial charge is 0.416 e. The highest BCUT2D eigenvalue weighted by Crippen LogP contribution is 2.36. The number of ether oxygens (including phenoxy) is 2. The Morgan fingerprint density at radius 3 is 2.18 bits per heavy atom. The first kappa shape index (κ1) is 27.8. The van der Waals surface area contributed by atoms with Crippen molar-refractivity contribution in [3.8, 4) is 0 Å². The highest BCUT2D eigenvalue weighted by atomic mass is 19.4. The van der Waals surface area contributed by atoms with E-state index in [2.05, 4.69) is 52.3 Å². The third-order valence-corrected chi connectivity index (χ3v) is 8.04. The van der Waals surface area contributed by atoms with Gasteiger partial charge in [0.05, 0.1) is 24.3 Å². The molecule has 3 aromatic rings. The summed E-state index contributed by atoms with van der Waals surface area (Å²) in [5.74, 6) is 0.623. The van der Waals surface area contributed by atoms with Crippen LogP contribution in [0, 0.1) is 0 Å². The van der Waals surface area contributed by atoms with E-state index in [9.17, 15) is 13.2 Å². The van der Waals surface area contributed by atoms with Crippen molar-refractivity contribution >= 4 is 0 Å². The molecule has 2 fully saturated rings. The van der Waals surface area contributed by atoms with E-state index in [0.717, 1.165) is 57.2 Å². The molecule has 39 heavy (non-hydrogen) atoms. The van der Waals surface area contributed by atoms with Gasteiger partial charge in [0.25, 0.3) is 0 Å². The molecule has 0 aliphatic carbocycles. The summed E-state index contributed by atoms with van der Waals surface area (Å²) >= 11 is 0. The van der Waals surface area contributed by atoms with Crippen molar-refractivity contribution in [1.29, 1.82) is 0 Å². The fourth-order valence-electron chi connectivity index (χ4n) is 5.80. The quantitative estimate of drug-likeness (QED) is 0.307. The van der Waals surface area contributed by atoms with Gasteiger partial charge >= 0.3 is 6.18 Å². The molecular weight excluding hydrogens is 501 g/mol. The fourth-order valence-corrected chi connectivity index (χ4v) is 5.80. The molecule has 0 spiro atoms. The second-order valence-electron chi connectivity index (χ2n) is 10.6. The Labute approximate surface area is 229 Å². The van der Waals surface area contributed by atoms with Crippen LogP contribution in [0.2, 0.25) is 0 Å². The predicted molar refractivity (Wildman–Crippen MR) is 146 cm³/mol. The number of piperidine rings is 1. The minimum Gasteiger partial charge on any atom is -0.349 e. The van der Waals surface area contributed by atoms with Crippen molar-refractivity contribution < 1.29 is 22.6 Å². The third kappa shape index (κ3) is 7.09. The first-order valence-corrected chi connectivity index (χ1v) is 13.9. The van der Waals surface area contributed by atoms with Crippen LogP contribution in [0.3, 0.4) is 0 Å². The van der Waals surface area contributed by atoms with Gasteiger partial charge in [0.1, 0.15) is 0 Å². The predicted octanol–water partition coefficient (Wildman–Crippen LogP) is 7.06. The zero-order chi connectivity index (χ0) is 27.2. The third-order valence-electron chi connectivity index (χ3n) is 8.04. The van der Waals surface area contributed by atoms with Gasteiger partial charge < -0.3 is 14.4 Å². The van der Waals surface area contributed by atoms with Gasteiger partial charge in [-0.3, -0.25) is 4.90 Å². The summed E-state index contributed by atoms with van der Waals surface area (Å²) in [4.78, 5) is 4.95. The molecule has 4 nitrogen and oxygen atoms in total. The van der Waals surface area contributed by atoms with E-state index in [0.29, 0.717) is 18.1 Å². The van der Waals surface area contributed by atoms with Crippen LogP contribution in [0.5, 0.6) is 0 Å². The van der Waals surface area contributed by atoms with Crippen molar-refractivity contribution in [3.63, 3.8) is 0 Å². The van der Waals surface area contributed by atoms with Crippen LogP contribution >= 0.6 is 0 Å². The maximum atomic E-state index is 13.3. The lowest BCUT2D eigenvalue weighted by molar-refractivity contribution is -0.230. The highest BCUT2D eigenvalue weighted by Gasteiger charge is 2.36. The van der Waals surface area contributed by atoms with Crippen molar-refractivity contribution in [3.05, 3.63) is 107 Å². The molecule has 2 saturated heterocycles. The molecule has 0 saturated carbocycles. The van der Waals surface area contributed by atoms with Crippen LogP contribution in [0.25, 0.3) is 0 Å². The summed E-state index contributed by atoms with van der Waals surface area (Å²) in [6.45, 7) is 7.06. The lowest BCUT2D eigenvalue weighted by Crippen LogP contribution is -2.49. The number of likely N-dealkylation sites (tertiary alicyclic amines) is 1. The van der Waals surface area contributed by atoms with Gasteiger partial charge in [-0.2, -0.15) is 13.2 Å². The monoisotopic (exact) mass is 538 g/mol. The van der Waals surface area contributed by atoms with Crippen LogP contribution < -0.4 is 0 Å². The minimum absolute atomic E-state index is 0.143. The molecule has 0 amide bonds. The molecule has 7 heteroatoms. The first-order chi connectivity index (χ1) is 18.9. The molecule has 0 radical (unpaired) electrons. The zero-order valence-corrected chi connectivity index (χ0v) is 22.4. The molecular formula is C32H37F3N2O2. The van der Waals surface area contributed by atoms with Crippen molar-refractivity contribution in [1.82, 2.24) is 9.80 Å². The smallest absolute Gasteiger partial charge is 0.349 e. The van der Waals surface area contributed by atoms with E-state index in [4.69, 9.17) is 9.47 Å². The lowest BCUT2D eigenvalue weighted by Gasteiger charge is -2.43. The summed E-state index contributed by atoms with van der Waals surface area (Å²) in [5, 5.41) is 0. The van der Waals surface area contributed by atoms with E-state index in [1.54, 1.807) is 13.0 Å². The van der Waals surface area contributed by atoms with Gasteiger partial charge in [-0.25, -0.2) is 0 Å². The standard InChI is InChI=1S/C32H37F3N2O2/c1-24(28-13-8-14-29(23-28)32(33,34)35)39-31-30(27-11-6-3-7-12-27)37(21-22-38-31)20-19-36-17-15-26(16-18-36)25-9-4-2-5-10-25/h2-14,23-24,26,30-31H,15-22H2,1H3/t24-,30+,31-/m1/s1. The summed E-state index contributed by atoms with van der Waals surface area (Å²) in [5.41, 5.74) is 2.33. The molecule has 2 heterocycles. The van der Waals surface area contributed by atoms with E-state index in [1.807, 2.05) is 18.2 Å². The Morgan fingerprint density at radius 1 is 0.846 bits per heavy atom. The summed E-state index contributed by atoms with van der Waals surface area (Å²) in [6, 6.07) is 26.1. The van der Waals surface area contributed by atoms with Crippen LogP contribution in [0.4, 0.5) is 13.2 Å². The fraction of sp³-hybridized carbons (Fsp3) is 0.438. The second kappa shape index (κ2) is 12.6. The van der Waals surface area contributed by atoms with Gasteiger partial charge in [0, 0.05) is 19.6 Å². The molecule has 0 N–H and O–H groups in total. The van der Waals surface area contributed by atoms with Crippen LogP contribution in [0.15, 0.2) is 84.9 Å². The average Bonchev–Trinajstić information content (AvgIpc) is 2.97. The zero-order valence-electron chi connectivity index (χ0n) is 22.4. The van der Waals surface area contributed by atoms with E-state index in [-0.39, 0.29) is 6.04 Å². The Hall–Kier alpha value is -2.71. The molecule has 0 bridgehead atoms. The number of halogens is 3. The van der Waals surface area contributed by atoms with E-state index < -0.39 is 24.1 Å². The number of benzene rings is 3. The summed E-state index contributed by atoms with van der Waals surface area (Å²) in [7, 11) is 0. The number of hydrogen-bond donors (Lipinski definition) is 0. The van der Waals surface area contributed by atoms with Crippen LogP contribution in [-0.4, -0.2) is 55.4 Å². The second-order valence-corrected chi connectivity index (χ2v) is 10.6. The van der Waals surface area contributed by atoms with Gasteiger partial charge in [-0.05, 0) is 67.6 Å². The molecule has 5 rings (SSSR count). The maximum absolute atomic E-state index is 13.3. The van der Waals surface area contributed by atoms with Crippen LogP contribution in [0.1, 0.15) is 60.1 Å². The lowest BCUT2D eigenvalue weighted by atomic mass is 9.89. The van der Waals surface area contributed by atoms with Gasteiger partial charge in [0.15, 0.2) is 6.29 Å². The van der Waals surface area contributed by atoms with Crippen molar-refractivity contribution in [2.24, 2.45) is 0 Å². The topological polar surface area (TPSA) is 24.9 Å². The van der Waals surface area contributed by atoms with Gasteiger partial charge in [-0.1, -0.05) is 72.8 Å². The average molecular weight is 539 g/mol. The van der Waals surface area contributed by atoms with Crippen molar-refractivity contribution in [2.75, 3.05) is 39.3 Å². The molecule has 0 unspecified atom stereocenters. The summed E-state index contributed by atoms with van der Waals surface area (Å²) in [6.07, 6.45) is -3.21. The Balaban J connectivity index is 1.25. The number of nitrogens with zero attached hydrogens (tertiary/aromatic N) is 2. The first-order valence-electron chi connectivity index (χ1n) is 13.9. The van der Waals surface area contributed by atoms with E-state index in [1.165, 1.54) is 17.7 Å². The van der Waals surface area contributed by atoms with E-state index >= 15 is 0 Å². The maximum Gasteiger partial charge on any atom is 0.416 e. The number of alkyl halides is 3. The molecule has 3 atom stereocenters. The molecule has 3 aromatic carbocycles. The number of morpholine rings is 1. The normalized spacial score (nSPS) is 22.6. The molecule has 208 valence electrons. The summed E-state index contributed by atoms with van der Waals surface area (Å²) < 4.78 is 52.4. The number of hydrogen-bond acceptors (Lipinski definition) is 4. The Bertz CT molecular complexity index is 1170. The SMILES string of the molecule is C[C@@H](O[C@H]1OCCN(CCN2CCC(c3ccccc3)CC2)[C@H]1c1ccccc1)c1cccc(C(F)(F)F)c1. The molecule has 2 aliphatic heterocycles. The van der Waals surface area contributed by atoms with Crippen molar-refractivity contribution in [2.45, 2.75) is 50.3 Å².